The first-order valence-corrected chi connectivity index (χ1v) is 4.20. The van der Waals surface area contributed by atoms with Gasteiger partial charge in [-0.15, -0.1) is 9.24 Å². The maximum atomic E-state index is 8.99. The van der Waals surface area contributed by atoms with E-state index in [1.807, 2.05) is 19.1 Å². The summed E-state index contributed by atoms with van der Waals surface area (Å²) in [6.07, 6.45) is 4.17. The Morgan fingerprint density at radius 3 is 2.90 bits per heavy atom. The second-order valence-corrected chi connectivity index (χ2v) is 2.47. The van der Waals surface area contributed by atoms with Crippen LogP contribution in [0.4, 0.5) is 0 Å². The van der Waals surface area contributed by atoms with Gasteiger partial charge in [0.05, 0.1) is 19.3 Å². The normalized spacial score (nSPS) is 14.3. The zero-order valence-corrected chi connectivity index (χ0v) is 7.44. The van der Waals surface area contributed by atoms with Gasteiger partial charge in [0.15, 0.2) is 0 Å². The van der Waals surface area contributed by atoms with Crippen molar-refractivity contribution in [2.45, 2.75) is 13.0 Å². The van der Waals surface area contributed by atoms with Crippen LogP contribution in [0, 0.1) is 0 Å². The second kappa shape index (κ2) is 7.20. The van der Waals surface area contributed by atoms with Gasteiger partial charge in [0, 0.05) is 0 Å². The molecule has 2 nitrogen and oxygen atoms in total. The van der Waals surface area contributed by atoms with E-state index in [9.17, 15) is 0 Å². The molecular weight excluding hydrogens is 147 g/mol. The summed E-state index contributed by atoms with van der Waals surface area (Å²) in [7, 11) is 2.47. The minimum absolute atomic E-state index is 0.338. The van der Waals surface area contributed by atoms with Gasteiger partial charge >= 0.3 is 0 Å². The molecule has 0 aliphatic rings. The third kappa shape index (κ3) is 6.21. The number of hydrogen-bond acceptors (Lipinski definition) is 2. The van der Waals surface area contributed by atoms with E-state index in [0.29, 0.717) is 19.4 Å². The van der Waals surface area contributed by atoms with Gasteiger partial charge in [-0.05, 0) is 13.1 Å². The Morgan fingerprint density at radius 2 is 2.40 bits per heavy atom. The number of ether oxygens (including phenoxy) is 1. The molecule has 3 heteroatoms. The Hall–Kier alpha value is 0.0900. The molecule has 0 spiro atoms. The quantitative estimate of drug-likeness (QED) is 0.368. The summed E-state index contributed by atoms with van der Waals surface area (Å²) in [5.74, 6) is 0. The van der Waals surface area contributed by atoms with E-state index in [4.69, 9.17) is 9.84 Å². The molecule has 10 heavy (non-hydrogen) atoms. The van der Waals surface area contributed by atoms with Crippen LogP contribution in [0.3, 0.4) is 0 Å². The molecule has 1 N–H and O–H groups in total. The molecule has 0 aromatic rings. The average molecular weight is 162 g/mol. The zero-order valence-electron chi connectivity index (χ0n) is 6.29. The molecule has 0 fully saturated rings. The molecule has 0 aromatic heterocycles. The van der Waals surface area contributed by atoms with Crippen LogP contribution in [-0.2, 0) is 4.74 Å². The molecule has 0 aromatic carbocycles. The Kier molecular flexibility index (Phi) is 7.26. The minimum atomic E-state index is -0.338. The highest BCUT2D eigenvalue weighted by atomic mass is 31.0. The van der Waals surface area contributed by atoms with E-state index in [1.54, 1.807) is 0 Å². The molecular formula is C7H15O2P. The van der Waals surface area contributed by atoms with Gasteiger partial charge in [-0.25, -0.2) is 0 Å². The number of allylic oxidation sites excluding steroid dienone is 1. The van der Waals surface area contributed by atoms with Gasteiger partial charge in [-0.1, -0.05) is 12.2 Å². The molecule has 0 saturated carbocycles. The molecule has 2 atom stereocenters. The first kappa shape index (κ1) is 10.1. The summed E-state index contributed by atoms with van der Waals surface area (Å²) in [4.78, 5) is 0. The molecule has 0 amide bonds. The molecule has 0 saturated heterocycles. The molecule has 0 aliphatic carbocycles. The topological polar surface area (TPSA) is 29.5 Å². The van der Waals surface area contributed by atoms with Crippen LogP contribution in [0.2, 0.25) is 0 Å². The van der Waals surface area contributed by atoms with E-state index in [-0.39, 0.29) is 6.10 Å². The summed E-state index contributed by atoms with van der Waals surface area (Å²) in [6.45, 7) is 2.96. The summed E-state index contributed by atoms with van der Waals surface area (Å²) < 4.78 is 5.08. The van der Waals surface area contributed by atoms with Crippen LogP contribution < -0.4 is 0 Å². The summed E-state index contributed by atoms with van der Waals surface area (Å²) >= 11 is 0. The fourth-order valence-corrected chi connectivity index (χ4v) is 0.572. The molecule has 2 unspecified atom stereocenters. The lowest BCUT2D eigenvalue weighted by Crippen LogP contribution is -2.16. The standard InChI is InChI=1S/C7H15O2P/c1-2-3-4-9-5-7(8)6-10/h2-3,7-8H,4-6,10H2,1H3. The molecule has 0 heterocycles. The third-order valence-corrected chi connectivity index (χ3v) is 1.58. The van der Waals surface area contributed by atoms with Crippen molar-refractivity contribution in [2.24, 2.45) is 0 Å². The van der Waals surface area contributed by atoms with Crippen molar-refractivity contribution in [1.29, 1.82) is 0 Å². The van der Waals surface area contributed by atoms with E-state index >= 15 is 0 Å². The van der Waals surface area contributed by atoms with Crippen LogP contribution in [0.15, 0.2) is 12.2 Å². The van der Waals surface area contributed by atoms with Gasteiger partial charge in [0.25, 0.3) is 0 Å². The zero-order chi connectivity index (χ0) is 7.82. The Labute approximate surface area is 64.5 Å². The van der Waals surface area contributed by atoms with Crippen molar-refractivity contribution in [2.75, 3.05) is 19.4 Å². The van der Waals surface area contributed by atoms with Crippen LogP contribution >= 0.6 is 9.24 Å². The fraction of sp³-hybridized carbons (Fsp3) is 0.714. The van der Waals surface area contributed by atoms with E-state index in [1.165, 1.54) is 0 Å². The number of rotatable bonds is 5. The van der Waals surface area contributed by atoms with Crippen molar-refractivity contribution in [1.82, 2.24) is 0 Å². The fourth-order valence-electron chi connectivity index (χ4n) is 0.436. The van der Waals surface area contributed by atoms with Crippen LogP contribution in [0.5, 0.6) is 0 Å². The van der Waals surface area contributed by atoms with Gasteiger partial charge in [-0.2, -0.15) is 0 Å². The van der Waals surface area contributed by atoms with Crippen LogP contribution in [-0.4, -0.2) is 30.6 Å². The first-order chi connectivity index (χ1) is 4.81. The predicted octanol–water partition coefficient (Wildman–Crippen LogP) is 0.815. The van der Waals surface area contributed by atoms with Gasteiger partial charge < -0.3 is 9.84 Å². The summed E-state index contributed by atoms with van der Waals surface area (Å²) in [5.41, 5.74) is 0. The van der Waals surface area contributed by atoms with E-state index < -0.39 is 0 Å². The SMILES string of the molecule is CC=CCOCC(O)CP. The Balaban J connectivity index is 3.03. The Morgan fingerprint density at radius 1 is 1.70 bits per heavy atom. The largest absolute Gasteiger partial charge is 0.390 e. The van der Waals surface area contributed by atoms with Crippen molar-refractivity contribution in [3.05, 3.63) is 12.2 Å². The molecule has 0 rings (SSSR count). The molecule has 0 radical (unpaired) electrons. The van der Waals surface area contributed by atoms with Crippen LogP contribution in [0.1, 0.15) is 6.92 Å². The van der Waals surface area contributed by atoms with Crippen LogP contribution in [0.25, 0.3) is 0 Å². The lowest BCUT2D eigenvalue weighted by Gasteiger charge is -2.05. The van der Waals surface area contributed by atoms with Gasteiger partial charge in [-0.3, -0.25) is 0 Å². The minimum Gasteiger partial charge on any atom is -0.390 e. The smallest absolute Gasteiger partial charge is 0.0808 e. The lowest BCUT2D eigenvalue weighted by molar-refractivity contribution is 0.0623. The van der Waals surface area contributed by atoms with Gasteiger partial charge in [0.1, 0.15) is 0 Å². The summed E-state index contributed by atoms with van der Waals surface area (Å²) in [6, 6.07) is 0. The van der Waals surface area contributed by atoms with Crippen molar-refractivity contribution >= 4 is 9.24 Å². The van der Waals surface area contributed by atoms with Crippen molar-refractivity contribution < 1.29 is 9.84 Å². The summed E-state index contributed by atoms with van der Waals surface area (Å²) in [5, 5.41) is 8.99. The third-order valence-electron chi connectivity index (χ3n) is 1.03. The Bertz CT molecular complexity index is 93.6. The molecule has 0 bridgehead atoms. The van der Waals surface area contributed by atoms with E-state index in [2.05, 4.69) is 9.24 Å². The highest BCUT2D eigenvalue weighted by Gasteiger charge is 1.97. The maximum absolute atomic E-state index is 8.99. The maximum Gasteiger partial charge on any atom is 0.0808 e. The highest BCUT2D eigenvalue weighted by molar-refractivity contribution is 7.16. The van der Waals surface area contributed by atoms with E-state index in [0.717, 1.165) is 0 Å². The number of aliphatic hydroxyl groups excluding tert-OH is 1. The molecule has 0 aliphatic heterocycles. The number of hydrogen-bond donors (Lipinski definition) is 1. The monoisotopic (exact) mass is 162 g/mol. The second-order valence-electron chi connectivity index (χ2n) is 2.00. The highest BCUT2D eigenvalue weighted by Crippen LogP contribution is 1.91. The lowest BCUT2D eigenvalue weighted by atomic mass is 10.4. The van der Waals surface area contributed by atoms with Gasteiger partial charge in [0.2, 0.25) is 0 Å². The first-order valence-electron chi connectivity index (χ1n) is 3.38. The number of aliphatic hydroxyl groups is 1. The molecule has 60 valence electrons. The van der Waals surface area contributed by atoms with Crippen molar-refractivity contribution in [3.8, 4) is 0 Å². The average Bonchev–Trinajstić information content (AvgIpc) is 1.98. The van der Waals surface area contributed by atoms with Crippen molar-refractivity contribution in [3.63, 3.8) is 0 Å². The predicted molar refractivity (Wildman–Crippen MR) is 46.2 cm³/mol.